The van der Waals surface area contributed by atoms with Crippen LogP contribution in [0.1, 0.15) is 32.1 Å². The molecule has 5 nitrogen and oxygen atoms in total. The quantitative estimate of drug-likeness (QED) is 0.511. The predicted molar refractivity (Wildman–Crippen MR) is 75.8 cm³/mol. The lowest BCUT2D eigenvalue weighted by atomic mass is 9.76. The first-order valence-electron chi connectivity index (χ1n) is 6.50. The smallest absolute Gasteiger partial charge is 0.406 e. The molecule has 1 aromatic rings. The fourth-order valence-electron chi connectivity index (χ4n) is 2.51. The summed E-state index contributed by atoms with van der Waals surface area (Å²) in [5.74, 6) is 0.785. The zero-order chi connectivity index (χ0) is 13.7. The first-order chi connectivity index (χ1) is 9.17. The Labute approximate surface area is 117 Å². The van der Waals surface area contributed by atoms with E-state index in [0.717, 1.165) is 18.6 Å². The molecule has 2 rings (SSSR count). The van der Waals surface area contributed by atoms with E-state index in [0.29, 0.717) is 6.61 Å². The van der Waals surface area contributed by atoms with Gasteiger partial charge in [-0.3, -0.25) is 0 Å². The van der Waals surface area contributed by atoms with Crippen LogP contribution in [0.15, 0.2) is 18.3 Å². The number of nitrogens with zero attached hydrogens (tertiary/aromatic N) is 2. The summed E-state index contributed by atoms with van der Waals surface area (Å²) in [6, 6.07) is 3.25. The van der Waals surface area contributed by atoms with Crippen LogP contribution < -0.4 is 4.74 Å². The Kier molecular flexibility index (Phi) is 4.63. The van der Waals surface area contributed by atoms with Gasteiger partial charge in [0.05, 0.1) is 6.61 Å². The molecule has 1 aliphatic rings. The van der Waals surface area contributed by atoms with E-state index < -0.39 is 4.92 Å². The van der Waals surface area contributed by atoms with Crippen LogP contribution in [0.25, 0.3) is 0 Å². The Balaban J connectivity index is 2.07. The SMILES string of the molecule is O=[N+]([O-])c1ncccc1OCC1(CS)CCCCC1. The van der Waals surface area contributed by atoms with Crippen molar-refractivity contribution in [2.45, 2.75) is 32.1 Å². The average molecular weight is 282 g/mol. The molecule has 0 spiro atoms. The van der Waals surface area contributed by atoms with Crippen molar-refractivity contribution < 1.29 is 9.66 Å². The van der Waals surface area contributed by atoms with Crippen LogP contribution in [0.4, 0.5) is 5.82 Å². The van der Waals surface area contributed by atoms with Crippen molar-refractivity contribution in [2.24, 2.45) is 5.41 Å². The molecule has 1 aromatic heterocycles. The highest BCUT2D eigenvalue weighted by atomic mass is 32.1. The zero-order valence-corrected chi connectivity index (χ0v) is 11.6. The van der Waals surface area contributed by atoms with Gasteiger partial charge in [0, 0.05) is 5.41 Å². The summed E-state index contributed by atoms with van der Waals surface area (Å²) in [5, 5.41) is 10.9. The van der Waals surface area contributed by atoms with Gasteiger partial charge >= 0.3 is 5.82 Å². The van der Waals surface area contributed by atoms with Crippen LogP contribution in [-0.4, -0.2) is 22.3 Å². The van der Waals surface area contributed by atoms with E-state index in [1.165, 1.54) is 25.5 Å². The average Bonchev–Trinajstić information content (AvgIpc) is 2.46. The van der Waals surface area contributed by atoms with Gasteiger partial charge in [0.2, 0.25) is 5.75 Å². The highest BCUT2D eigenvalue weighted by Crippen LogP contribution is 2.38. The molecule has 0 N–H and O–H groups in total. The first-order valence-corrected chi connectivity index (χ1v) is 7.13. The molecule has 0 amide bonds. The first kappa shape index (κ1) is 14.1. The predicted octanol–water partition coefficient (Wildman–Crippen LogP) is 3.25. The van der Waals surface area contributed by atoms with E-state index in [1.54, 1.807) is 12.1 Å². The van der Waals surface area contributed by atoms with Gasteiger partial charge in [-0.25, -0.2) is 0 Å². The Hall–Kier alpha value is -1.30. The van der Waals surface area contributed by atoms with Crippen LogP contribution in [-0.2, 0) is 0 Å². The van der Waals surface area contributed by atoms with E-state index in [4.69, 9.17) is 4.74 Å². The number of rotatable bonds is 5. The van der Waals surface area contributed by atoms with Gasteiger partial charge in [-0.15, -0.1) is 0 Å². The van der Waals surface area contributed by atoms with Crippen LogP contribution >= 0.6 is 12.6 Å². The number of hydrogen-bond acceptors (Lipinski definition) is 5. The van der Waals surface area contributed by atoms with Crippen LogP contribution in [0, 0.1) is 15.5 Å². The highest BCUT2D eigenvalue weighted by Gasteiger charge is 2.32. The Morgan fingerprint density at radius 2 is 2.16 bits per heavy atom. The second-order valence-electron chi connectivity index (χ2n) is 5.09. The van der Waals surface area contributed by atoms with Gasteiger partial charge in [0.1, 0.15) is 6.20 Å². The van der Waals surface area contributed by atoms with Gasteiger partial charge in [0.25, 0.3) is 0 Å². The number of hydrogen-bond donors (Lipinski definition) is 1. The molecule has 1 fully saturated rings. The van der Waals surface area contributed by atoms with Crippen molar-refractivity contribution in [1.29, 1.82) is 0 Å². The molecule has 0 saturated heterocycles. The van der Waals surface area contributed by atoms with Crippen molar-refractivity contribution in [3.8, 4) is 5.75 Å². The monoisotopic (exact) mass is 282 g/mol. The number of nitro groups is 1. The van der Waals surface area contributed by atoms with Crippen molar-refractivity contribution >= 4 is 18.4 Å². The normalized spacial score (nSPS) is 17.9. The molecule has 0 aliphatic heterocycles. The summed E-state index contributed by atoms with van der Waals surface area (Å²) in [5.41, 5.74) is 0.0467. The maximum absolute atomic E-state index is 10.9. The molecule has 1 heterocycles. The molecule has 1 saturated carbocycles. The number of aromatic nitrogens is 1. The minimum Gasteiger partial charge on any atom is -0.485 e. The van der Waals surface area contributed by atoms with Crippen molar-refractivity contribution in [1.82, 2.24) is 4.98 Å². The Bertz CT molecular complexity index is 447. The second kappa shape index (κ2) is 6.23. The largest absolute Gasteiger partial charge is 0.485 e. The topological polar surface area (TPSA) is 65.3 Å². The summed E-state index contributed by atoms with van der Waals surface area (Å²) in [4.78, 5) is 14.1. The third-order valence-electron chi connectivity index (χ3n) is 3.71. The van der Waals surface area contributed by atoms with Gasteiger partial charge < -0.3 is 14.9 Å². The molecule has 0 atom stereocenters. The van der Waals surface area contributed by atoms with Crippen LogP contribution in [0.3, 0.4) is 0 Å². The minimum atomic E-state index is -0.510. The van der Waals surface area contributed by atoms with Crippen molar-refractivity contribution in [2.75, 3.05) is 12.4 Å². The lowest BCUT2D eigenvalue weighted by molar-refractivity contribution is -0.390. The summed E-state index contributed by atoms with van der Waals surface area (Å²) in [6.07, 6.45) is 7.16. The van der Waals surface area contributed by atoms with E-state index >= 15 is 0 Å². The third kappa shape index (κ3) is 3.37. The molecule has 0 aromatic carbocycles. The Morgan fingerprint density at radius 1 is 1.42 bits per heavy atom. The third-order valence-corrected chi connectivity index (χ3v) is 4.38. The van der Waals surface area contributed by atoms with E-state index in [1.807, 2.05) is 0 Å². The minimum absolute atomic E-state index is 0.0467. The molecular formula is C13H18N2O3S. The maximum atomic E-state index is 10.9. The number of pyridine rings is 1. The van der Waals surface area contributed by atoms with E-state index in [2.05, 4.69) is 17.6 Å². The summed E-state index contributed by atoms with van der Waals surface area (Å²) in [6.45, 7) is 0.475. The molecule has 0 unspecified atom stereocenters. The van der Waals surface area contributed by atoms with Gasteiger partial charge in [-0.2, -0.15) is 12.6 Å². The number of thiol groups is 1. The summed E-state index contributed by atoms with van der Waals surface area (Å²) < 4.78 is 5.68. The number of ether oxygens (including phenoxy) is 1. The highest BCUT2D eigenvalue weighted by molar-refractivity contribution is 7.80. The fourth-order valence-corrected chi connectivity index (χ4v) is 2.92. The van der Waals surface area contributed by atoms with Crippen molar-refractivity contribution in [3.63, 3.8) is 0 Å². The standard InChI is InChI=1S/C13H18N2O3S/c16-15(17)12-11(5-4-8-14-12)18-9-13(10-19)6-2-1-3-7-13/h4-5,8,19H,1-3,6-7,9-10H2. The van der Waals surface area contributed by atoms with Crippen LogP contribution in [0.2, 0.25) is 0 Å². The van der Waals surface area contributed by atoms with E-state index in [9.17, 15) is 10.1 Å². The fraction of sp³-hybridized carbons (Fsp3) is 0.615. The molecule has 104 valence electrons. The molecule has 19 heavy (non-hydrogen) atoms. The lowest BCUT2D eigenvalue weighted by Crippen LogP contribution is -2.33. The molecule has 1 aliphatic carbocycles. The second-order valence-corrected chi connectivity index (χ2v) is 5.41. The summed E-state index contributed by atoms with van der Waals surface area (Å²) >= 11 is 4.43. The lowest BCUT2D eigenvalue weighted by Gasteiger charge is -2.35. The molecular weight excluding hydrogens is 264 g/mol. The zero-order valence-electron chi connectivity index (χ0n) is 10.7. The molecule has 6 heteroatoms. The van der Waals surface area contributed by atoms with Crippen molar-refractivity contribution in [3.05, 3.63) is 28.4 Å². The Morgan fingerprint density at radius 3 is 2.79 bits per heavy atom. The maximum Gasteiger partial charge on any atom is 0.406 e. The summed E-state index contributed by atoms with van der Waals surface area (Å²) in [7, 11) is 0. The molecule has 0 bridgehead atoms. The van der Waals surface area contributed by atoms with Gasteiger partial charge in [-0.05, 0) is 40.6 Å². The molecule has 0 radical (unpaired) electrons. The van der Waals surface area contributed by atoms with Gasteiger partial charge in [0.15, 0.2) is 0 Å². The van der Waals surface area contributed by atoms with Crippen LogP contribution in [0.5, 0.6) is 5.75 Å². The van der Waals surface area contributed by atoms with Gasteiger partial charge in [-0.1, -0.05) is 19.3 Å². The van der Waals surface area contributed by atoms with E-state index in [-0.39, 0.29) is 17.0 Å².